The van der Waals surface area contributed by atoms with Crippen LogP contribution in [0.25, 0.3) is 0 Å². The lowest BCUT2D eigenvalue weighted by atomic mass is 9.85. The zero-order chi connectivity index (χ0) is 15.3. The Labute approximate surface area is 121 Å². The minimum absolute atomic E-state index is 0.0646. The number of carbonyl (C=O) groups is 1. The molecule has 0 aliphatic rings. The van der Waals surface area contributed by atoms with Crippen molar-refractivity contribution in [2.45, 2.75) is 60.0 Å². The van der Waals surface area contributed by atoms with Crippen LogP contribution in [0.3, 0.4) is 0 Å². The van der Waals surface area contributed by atoms with Crippen LogP contribution in [0.2, 0.25) is 0 Å². The van der Waals surface area contributed by atoms with Gasteiger partial charge in [0, 0.05) is 19.2 Å². The lowest BCUT2D eigenvalue weighted by Gasteiger charge is -2.31. The van der Waals surface area contributed by atoms with E-state index in [-0.39, 0.29) is 24.0 Å². The van der Waals surface area contributed by atoms with Crippen LogP contribution in [0.4, 0.5) is 0 Å². The van der Waals surface area contributed by atoms with Gasteiger partial charge in [0.1, 0.15) is 5.69 Å². The molecule has 0 bridgehead atoms. The summed E-state index contributed by atoms with van der Waals surface area (Å²) in [5.74, 6) is -0.118. The van der Waals surface area contributed by atoms with E-state index in [0.717, 1.165) is 12.1 Å². The topological polar surface area (TPSA) is 67.2 Å². The average Bonchev–Trinajstić information content (AvgIpc) is 2.80. The van der Waals surface area contributed by atoms with Gasteiger partial charge >= 0.3 is 0 Å². The van der Waals surface area contributed by atoms with Crippen LogP contribution in [0.1, 0.15) is 57.2 Å². The highest BCUT2D eigenvalue weighted by Crippen LogP contribution is 2.22. The average molecular weight is 281 g/mol. The van der Waals surface area contributed by atoms with Crippen LogP contribution in [0, 0.1) is 5.41 Å². The zero-order valence-electron chi connectivity index (χ0n) is 13.2. The van der Waals surface area contributed by atoms with Gasteiger partial charge in [-0.3, -0.25) is 9.48 Å². The second-order valence-corrected chi connectivity index (χ2v) is 6.09. The fourth-order valence-electron chi connectivity index (χ4n) is 2.15. The summed E-state index contributed by atoms with van der Waals surface area (Å²) < 4.78 is 1.73. The first kappa shape index (κ1) is 16.7. The van der Waals surface area contributed by atoms with Crippen molar-refractivity contribution < 1.29 is 9.90 Å². The van der Waals surface area contributed by atoms with Crippen molar-refractivity contribution >= 4 is 5.91 Å². The molecule has 1 amide bonds. The number of aryl methyl sites for hydroxylation is 2. The van der Waals surface area contributed by atoms with Crippen molar-refractivity contribution in [2.24, 2.45) is 5.41 Å². The summed E-state index contributed by atoms with van der Waals surface area (Å²) >= 11 is 0. The van der Waals surface area contributed by atoms with Gasteiger partial charge in [-0.25, -0.2) is 0 Å². The largest absolute Gasteiger partial charge is 0.396 e. The van der Waals surface area contributed by atoms with E-state index in [1.165, 1.54) is 0 Å². The monoisotopic (exact) mass is 281 g/mol. The Morgan fingerprint density at radius 3 is 2.55 bits per heavy atom. The maximum atomic E-state index is 12.4. The van der Waals surface area contributed by atoms with Crippen LogP contribution in [0.5, 0.6) is 0 Å². The van der Waals surface area contributed by atoms with Crippen molar-refractivity contribution in [3.8, 4) is 0 Å². The summed E-state index contributed by atoms with van der Waals surface area (Å²) in [5, 5.41) is 16.6. The lowest BCUT2D eigenvalue weighted by molar-refractivity contribution is 0.0874. The maximum Gasteiger partial charge on any atom is 0.269 e. The number of amides is 1. The van der Waals surface area contributed by atoms with E-state index in [1.54, 1.807) is 4.68 Å². The van der Waals surface area contributed by atoms with Gasteiger partial charge < -0.3 is 10.4 Å². The third kappa shape index (κ3) is 4.07. The number of aliphatic hydroxyl groups excluding tert-OH is 1. The van der Waals surface area contributed by atoms with Gasteiger partial charge in [0.15, 0.2) is 0 Å². The molecule has 5 nitrogen and oxygen atoms in total. The predicted molar refractivity (Wildman–Crippen MR) is 79.7 cm³/mol. The first-order chi connectivity index (χ1) is 9.33. The number of aliphatic hydroxyl groups is 1. The first-order valence-corrected chi connectivity index (χ1v) is 7.31. The molecule has 1 aromatic heterocycles. The summed E-state index contributed by atoms with van der Waals surface area (Å²) in [6.45, 7) is 10.9. The van der Waals surface area contributed by atoms with E-state index in [9.17, 15) is 4.79 Å². The number of aromatic nitrogens is 2. The molecule has 1 atom stereocenters. The van der Waals surface area contributed by atoms with E-state index in [2.05, 4.69) is 31.2 Å². The van der Waals surface area contributed by atoms with Gasteiger partial charge in [0.2, 0.25) is 0 Å². The lowest BCUT2D eigenvalue weighted by Crippen LogP contribution is -2.44. The Balaban J connectivity index is 2.91. The van der Waals surface area contributed by atoms with E-state index in [1.807, 2.05) is 19.9 Å². The third-order valence-electron chi connectivity index (χ3n) is 3.49. The Morgan fingerprint density at radius 1 is 1.45 bits per heavy atom. The standard InChI is InChI=1S/C15H27N3O2/c1-6-11-10-12(18(7-2)17-11)14(20)16-13(8-9-19)15(3,4)5/h10,13,19H,6-9H2,1-5H3,(H,16,20). The Hall–Kier alpha value is -1.36. The highest BCUT2D eigenvalue weighted by molar-refractivity contribution is 5.93. The minimum Gasteiger partial charge on any atom is -0.396 e. The van der Waals surface area contributed by atoms with E-state index in [4.69, 9.17) is 5.11 Å². The van der Waals surface area contributed by atoms with E-state index in [0.29, 0.717) is 18.7 Å². The fraction of sp³-hybridized carbons (Fsp3) is 0.733. The molecule has 114 valence electrons. The molecule has 0 saturated carbocycles. The highest BCUT2D eigenvalue weighted by Gasteiger charge is 2.27. The predicted octanol–water partition coefficient (Wildman–Crippen LogP) is 1.99. The Kier molecular flexibility index (Phi) is 5.74. The molecule has 1 unspecified atom stereocenters. The molecular formula is C15H27N3O2. The number of rotatable bonds is 6. The molecule has 1 rings (SSSR count). The van der Waals surface area contributed by atoms with Gasteiger partial charge in [-0.1, -0.05) is 27.7 Å². The summed E-state index contributed by atoms with van der Waals surface area (Å²) in [7, 11) is 0. The molecule has 1 aromatic rings. The van der Waals surface area contributed by atoms with Gasteiger partial charge in [-0.2, -0.15) is 5.10 Å². The van der Waals surface area contributed by atoms with Crippen LogP contribution in [0.15, 0.2) is 6.07 Å². The van der Waals surface area contributed by atoms with Gasteiger partial charge in [-0.05, 0) is 31.2 Å². The molecule has 0 aliphatic heterocycles. The molecule has 0 spiro atoms. The summed E-state index contributed by atoms with van der Waals surface area (Å²) in [6, 6.07) is 1.78. The molecule has 0 radical (unpaired) electrons. The van der Waals surface area contributed by atoms with E-state index >= 15 is 0 Å². The van der Waals surface area contributed by atoms with Crippen molar-refractivity contribution in [3.05, 3.63) is 17.5 Å². The fourth-order valence-corrected chi connectivity index (χ4v) is 2.15. The molecule has 0 aliphatic carbocycles. The van der Waals surface area contributed by atoms with Gasteiger partial charge in [0.25, 0.3) is 5.91 Å². The number of nitrogens with one attached hydrogen (secondary N) is 1. The quantitative estimate of drug-likeness (QED) is 0.838. The van der Waals surface area contributed by atoms with E-state index < -0.39 is 0 Å². The van der Waals surface area contributed by atoms with Crippen molar-refractivity contribution in [3.63, 3.8) is 0 Å². The number of carbonyl (C=O) groups excluding carboxylic acids is 1. The molecule has 5 heteroatoms. The molecule has 0 saturated heterocycles. The Bertz CT molecular complexity index is 446. The van der Waals surface area contributed by atoms with Crippen LogP contribution < -0.4 is 5.32 Å². The van der Waals surface area contributed by atoms with Crippen LogP contribution >= 0.6 is 0 Å². The number of hydrogen-bond acceptors (Lipinski definition) is 3. The molecule has 0 fully saturated rings. The van der Waals surface area contributed by atoms with Crippen molar-refractivity contribution in [1.29, 1.82) is 0 Å². The summed E-state index contributed by atoms with van der Waals surface area (Å²) in [4.78, 5) is 12.4. The Morgan fingerprint density at radius 2 is 2.10 bits per heavy atom. The molecular weight excluding hydrogens is 254 g/mol. The third-order valence-corrected chi connectivity index (χ3v) is 3.49. The van der Waals surface area contributed by atoms with Gasteiger partial charge in [-0.15, -0.1) is 0 Å². The molecule has 2 N–H and O–H groups in total. The van der Waals surface area contributed by atoms with Crippen molar-refractivity contribution in [1.82, 2.24) is 15.1 Å². The number of hydrogen-bond donors (Lipinski definition) is 2. The van der Waals surface area contributed by atoms with Gasteiger partial charge in [0.05, 0.1) is 5.69 Å². The summed E-state index contributed by atoms with van der Waals surface area (Å²) in [6.07, 6.45) is 1.36. The highest BCUT2D eigenvalue weighted by atomic mass is 16.3. The normalized spacial score (nSPS) is 13.3. The molecule has 0 aromatic carbocycles. The molecule has 20 heavy (non-hydrogen) atoms. The maximum absolute atomic E-state index is 12.4. The SMILES string of the molecule is CCc1cc(C(=O)NC(CCO)C(C)(C)C)n(CC)n1. The second-order valence-electron chi connectivity index (χ2n) is 6.09. The van der Waals surface area contributed by atoms with Crippen LogP contribution in [-0.4, -0.2) is 33.4 Å². The zero-order valence-corrected chi connectivity index (χ0v) is 13.2. The van der Waals surface area contributed by atoms with Crippen molar-refractivity contribution in [2.75, 3.05) is 6.61 Å². The smallest absolute Gasteiger partial charge is 0.269 e. The minimum atomic E-state index is -0.118. The van der Waals surface area contributed by atoms with Crippen LogP contribution in [-0.2, 0) is 13.0 Å². The first-order valence-electron chi connectivity index (χ1n) is 7.31. The second kappa shape index (κ2) is 6.88. The summed E-state index contributed by atoms with van der Waals surface area (Å²) in [5.41, 5.74) is 1.42. The number of nitrogens with zero attached hydrogens (tertiary/aromatic N) is 2. The molecule has 1 heterocycles.